The molecule has 1 aliphatic rings. The van der Waals surface area contributed by atoms with Gasteiger partial charge in [-0.1, -0.05) is 23.8 Å². The minimum atomic E-state index is -0.217. The Balaban J connectivity index is 1.84. The molecule has 0 heterocycles. The zero-order valence-electron chi connectivity index (χ0n) is 12.4. The van der Waals surface area contributed by atoms with Crippen LogP contribution in [-0.4, -0.2) is 6.04 Å². The Hall–Kier alpha value is -1.87. The molecule has 0 aromatic heterocycles. The van der Waals surface area contributed by atoms with E-state index in [4.69, 9.17) is 4.74 Å². The highest BCUT2D eigenvalue weighted by Gasteiger charge is 2.21. The van der Waals surface area contributed by atoms with Crippen molar-refractivity contribution < 1.29 is 9.13 Å². The van der Waals surface area contributed by atoms with Crippen LogP contribution in [0.1, 0.15) is 29.5 Å². The monoisotopic (exact) mass is 285 g/mol. The lowest BCUT2D eigenvalue weighted by Gasteiger charge is -2.14. The maximum absolute atomic E-state index is 14.1. The molecule has 2 aromatic rings. The highest BCUT2D eigenvalue weighted by atomic mass is 19.1. The summed E-state index contributed by atoms with van der Waals surface area (Å²) in [5, 5.41) is 3.34. The first-order chi connectivity index (χ1) is 10.1. The lowest BCUT2D eigenvalue weighted by atomic mass is 10.1. The van der Waals surface area contributed by atoms with E-state index in [1.165, 1.54) is 24.5 Å². The van der Waals surface area contributed by atoms with Crippen molar-refractivity contribution in [2.45, 2.75) is 39.3 Å². The molecule has 3 heteroatoms. The minimum absolute atomic E-state index is 0.217. The van der Waals surface area contributed by atoms with E-state index in [-0.39, 0.29) is 5.82 Å². The molecule has 110 valence electrons. The van der Waals surface area contributed by atoms with Crippen molar-refractivity contribution in [3.8, 4) is 11.5 Å². The summed E-state index contributed by atoms with van der Waals surface area (Å²) in [6, 6.07) is 11.5. The third-order valence-corrected chi connectivity index (χ3v) is 3.77. The maximum atomic E-state index is 14.1. The van der Waals surface area contributed by atoms with Crippen LogP contribution in [-0.2, 0) is 6.54 Å². The molecule has 0 unspecified atom stereocenters. The van der Waals surface area contributed by atoms with Crippen LogP contribution in [0.4, 0.5) is 4.39 Å². The van der Waals surface area contributed by atoms with Crippen LogP contribution in [0.25, 0.3) is 0 Å². The van der Waals surface area contributed by atoms with E-state index in [0.717, 1.165) is 11.3 Å². The number of hydrogen-bond donors (Lipinski definition) is 1. The summed E-state index contributed by atoms with van der Waals surface area (Å²) in [5.41, 5.74) is 2.85. The Labute approximate surface area is 125 Å². The summed E-state index contributed by atoms with van der Waals surface area (Å²) < 4.78 is 20.0. The quantitative estimate of drug-likeness (QED) is 0.874. The van der Waals surface area contributed by atoms with Gasteiger partial charge in [-0.05, 0) is 50.5 Å². The fourth-order valence-corrected chi connectivity index (χ4v) is 2.37. The molecule has 1 aliphatic carbocycles. The second-order valence-corrected chi connectivity index (χ2v) is 5.74. The second-order valence-electron chi connectivity index (χ2n) is 5.74. The van der Waals surface area contributed by atoms with Gasteiger partial charge in [-0.15, -0.1) is 0 Å². The number of benzene rings is 2. The highest BCUT2D eigenvalue weighted by Crippen LogP contribution is 2.30. The standard InChI is InChI=1S/C18H20FNO/c1-12-6-9-17(13(2)10-12)21-18-5-3-4-16(19)15(18)11-20-14-7-8-14/h3-6,9-10,14,20H,7-8,11H2,1-2H3. The lowest BCUT2D eigenvalue weighted by Crippen LogP contribution is -2.16. The molecule has 0 atom stereocenters. The highest BCUT2D eigenvalue weighted by molar-refractivity contribution is 5.42. The van der Waals surface area contributed by atoms with Crippen LogP contribution >= 0.6 is 0 Å². The zero-order chi connectivity index (χ0) is 14.8. The third kappa shape index (κ3) is 3.42. The molecule has 0 radical (unpaired) electrons. The van der Waals surface area contributed by atoms with Crippen LogP contribution in [0.15, 0.2) is 36.4 Å². The summed E-state index contributed by atoms with van der Waals surface area (Å²) in [5.74, 6) is 1.15. The number of aryl methyl sites for hydroxylation is 2. The molecule has 2 nitrogen and oxygen atoms in total. The van der Waals surface area contributed by atoms with Crippen molar-refractivity contribution in [3.63, 3.8) is 0 Å². The third-order valence-electron chi connectivity index (χ3n) is 3.77. The average Bonchev–Trinajstić information content (AvgIpc) is 3.25. The van der Waals surface area contributed by atoms with Crippen LogP contribution in [0, 0.1) is 19.7 Å². The van der Waals surface area contributed by atoms with Gasteiger partial charge in [0.25, 0.3) is 0 Å². The van der Waals surface area contributed by atoms with Crippen molar-refractivity contribution >= 4 is 0 Å². The number of halogens is 1. The summed E-state index contributed by atoms with van der Waals surface area (Å²) in [6.45, 7) is 4.56. The van der Waals surface area contributed by atoms with Crippen LogP contribution in [0.2, 0.25) is 0 Å². The molecule has 1 fully saturated rings. The molecule has 2 aromatic carbocycles. The SMILES string of the molecule is Cc1ccc(Oc2cccc(F)c2CNC2CC2)c(C)c1. The first kappa shape index (κ1) is 14.1. The van der Waals surface area contributed by atoms with Gasteiger partial charge in [0.1, 0.15) is 17.3 Å². The second kappa shape index (κ2) is 5.86. The van der Waals surface area contributed by atoms with Gasteiger partial charge in [0, 0.05) is 18.2 Å². The number of nitrogens with one attached hydrogen (secondary N) is 1. The van der Waals surface area contributed by atoms with Crippen molar-refractivity contribution in [1.82, 2.24) is 5.32 Å². The van der Waals surface area contributed by atoms with Crippen LogP contribution < -0.4 is 10.1 Å². The van der Waals surface area contributed by atoms with Crippen LogP contribution in [0.3, 0.4) is 0 Å². The van der Waals surface area contributed by atoms with E-state index in [9.17, 15) is 4.39 Å². The molecule has 3 rings (SSSR count). The van der Waals surface area contributed by atoms with Gasteiger partial charge in [0.2, 0.25) is 0 Å². The molecule has 0 spiro atoms. The van der Waals surface area contributed by atoms with E-state index in [1.807, 2.05) is 32.0 Å². The van der Waals surface area contributed by atoms with Crippen molar-refractivity contribution in [1.29, 1.82) is 0 Å². The smallest absolute Gasteiger partial charge is 0.134 e. The molecule has 0 saturated heterocycles. The van der Waals surface area contributed by atoms with Gasteiger partial charge in [-0.3, -0.25) is 0 Å². The van der Waals surface area contributed by atoms with Gasteiger partial charge in [-0.25, -0.2) is 4.39 Å². The average molecular weight is 285 g/mol. The van der Waals surface area contributed by atoms with Gasteiger partial charge in [-0.2, -0.15) is 0 Å². The molecule has 0 bridgehead atoms. The molecule has 1 saturated carbocycles. The van der Waals surface area contributed by atoms with E-state index < -0.39 is 0 Å². The summed E-state index contributed by atoms with van der Waals surface area (Å²) >= 11 is 0. The minimum Gasteiger partial charge on any atom is -0.457 e. The van der Waals surface area contributed by atoms with E-state index >= 15 is 0 Å². The van der Waals surface area contributed by atoms with Crippen molar-refractivity contribution in [2.75, 3.05) is 0 Å². The predicted molar refractivity (Wildman–Crippen MR) is 82.3 cm³/mol. The molecule has 0 aliphatic heterocycles. The van der Waals surface area contributed by atoms with Gasteiger partial charge in [0.15, 0.2) is 0 Å². The summed E-state index contributed by atoms with van der Waals surface area (Å²) in [6.07, 6.45) is 2.36. The molecular formula is C18H20FNO. The normalized spacial score (nSPS) is 14.2. The Bertz CT molecular complexity index is 650. The first-order valence-corrected chi connectivity index (χ1v) is 7.39. The summed E-state index contributed by atoms with van der Waals surface area (Å²) in [4.78, 5) is 0. The fraction of sp³-hybridized carbons (Fsp3) is 0.333. The van der Waals surface area contributed by atoms with Gasteiger partial charge in [0.05, 0.1) is 0 Å². The molecule has 21 heavy (non-hydrogen) atoms. The van der Waals surface area contributed by atoms with Crippen LogP contribution in [0.5, 0.6) is 11.5 Å². The van der Waals surface area contributed by atoms with E-state index in [0.29, 0.717) is 23.9 Å². The lowest BCUT2D eigenvalue weighted by molar-refractivity contribution is 0.458. The Kier molecular flexibility index (Phi) is 3.93. The van der Waals surface area contributed by atoms with E-state index in [2.05, 4.69) is 11.4 Å². The van der Waals surface area contributed by atoms with E-state index in [1.54, 1.807) is 6.07 Å². The predicted octanol–water partition coefficient (Wildman–Crippen LogP) is 4.49. The first-order valence-electron chi connectivity index (χ1n) is 7.39. The van der Waals surface area contributed by atoms with Crippen molar-refractivity contribution in [3.05, 3.63) is 58.9 Å². The Morgan fingerprint density at radius 2 is 1.95 bits per heavy atom. The number of ether oxygens (including phenoxy) is 1. The number of rotatable bonds is 5. The topological polar surface area (TPSA) is 21.3 Å². The Morgan fingerprint density at radius 3 is 2.67 bits per heavy atom. The molecule has 0 amide bonds. The number of hydrogen-bond acceptors (Lipinski definition) is 2. The molecule has 1 N–H and O–H groups in total. The molecular weight excluding hydrogens is 265 g/mol. The zero-order valence-corrected chi connectivity index (χ0v) is 12.4. The largest absolute Gasteiger partial charge is 0.457 e. The summed E-state index contributed by atoms with van der Waals surface area (Å²) in [7, 11) is 0. The maximum Gasteiger partial charge on any atom is 0.134 e. The fourth-order valence-electron chi connectivity index (χ4n) is 2.37. The van der Waals surface area contributed by atoms with Gasteiger partial charge < -0.3 is 10.1 Å². The Morgan fingerprint density at radius 1 is 1.14 bits per heavy atom. The van der Waals surface area contributed by atoms with Gasteiger partial charge >= 0.3 is 0 Å². The van der Waals surface area contributed by atoms with Crippen molar-refractivity contribution in [2.24, 2.45) is 0 Å².